The van der Waals surface area contributed by atoms with Crippen LogP contribution in [0.5, 0.6) is 0 Å². The molecule has 2 unspecified atom stereocenters. The van der Waals surface area contributed by atoms with Crippen LogP contribution in [0, 0.1) is 37.0 Å². The van der Waals surface area contributed by atoms with Crippen molar-refractivity contribution in [1.82, 2.24) is 4.57 Å². The number of fused-ring (bicyclic) bond motifs is 5. The summed E-state index contributed by atoms with van der Waals surface area (Å²) in [7, 11) is 2.11. The molecular formula is C25H23N4S+. The van der Waals surface area contributed by atoms with Crippen molar-refractivity contribution >= 4 is 51.3 Å². The molecule has 0 spiro atoms. The molecule has 3 aliphatic rings. The Morgan fingerprint density at radius 2 is 1.97 bits per heavy atom. The quantitative estimate of drug-likeness (QED) is 0.511. The van der Waals surface area contributed by atoms with Crippen LogP contribution in [0.2, 0.25) is 0 Å². The van der Waals surface area contributed by atoms with Gasteiger partial charge in [-0.25, -0.2) is 4.58 Å². The van der Waals surface area contributed by atoms with Crippen LogP contribution in [0.4, 0.5) is 0 Å². The lowest BCUT2D eigenvalue weighted by Crippen LogP contribution is -2.39. The molecule has 6 rings (SSSR count). The Balaban J connectivity index is 1.97. The van der Waals surface area contributed by atoms with Gasteiger partial charge < -0.3 is 4.57 Å². The summed E-state index contributed by atoms with van der Waals surface area (Å²) in [6.07, 6.45) is 1.99. The Morgan fingerprint density at radius 1 is 1.20 bits per heavy atom. The number of hydrogen-bond donors (Lipinski definition) is 0. The van der Waals surface area contributed by atoms with E-state index in [1.807, 2.05) is 18.1 Å². The standard InChI is InChI=1S/C25H23N4S/c1-12(2)24-23-20-21(28(5)11-27-25(20)30-24)18-14(4)13(3)16(10-26)19-15-8-6-7-9-17(15)29(23)22(18)19/h6-9,11-12,20,25H,1-5H3/q+1. The van der Waals surface area contributed by atoms with E-state index in [-0.39, 0.29) is 11.3 Å². The molecule has 30 heavy (non-hydrogen) atoms. The van der Waals surface area contributed by atoms with E-state index < -0.39 is 0 Å². The predicted molar refractivity (Wildman–Crippen MR) is 125 cm³/mol. The van der Waals surface area contributed by atoms with E-state index in [0.29, 0.717) is 5.92 Å². The Bertz CT molecular complexity index is 1440. The van der Waals surface area contributed by atoms with Gasteiger partial charge in [0.15, 0.2) is 0 Å². The van der Waals surface area contributed by atoms with Crippen LogP contribution in [0.3, 0.4) is 0 Å². The van der Waals surface area contributed by atoms with Crippen molar-refractivity contribution in [3.63, 3.8) is 0 Å². The van der Waals surface area contributed by atoms with Crippen LogP contribution in [-0.2, 0) is 0 Å². The summed E-state index contributed by atoms with van der Waals surface area (Å²) < 4.78 is 4.68. The summed E-state index contributed by atoms with van der Waals surface area (Å²) in [6, 6.07) is 11.1. The van der Waals surface area contributed by atoms with E-state index >= 15 is 0 Å². The zero-order valence-electron chi connectivity index (χ0n) is 17.8. The minimum absolute atomic E-state index is 0.184. The molecule has 0 saturated carbocycles. The molecule has 0 fully saturated rings. The molecule has 0 aliphatic carbocycles. The minimum atomic E-state index is 0.184. The Labute approximate surface area is 180 Å². The van der Waals surface area contributed by atoms with Gasteiger partial charge in [-0.3, -0.25) is 0 Å². The summed E-state index contributed by atoms with van der Waals surface area (Å²) in [5.41, 5.74) is 9.48. The fourth-order valence-corrected chi connectivity index (χ4v) is 6.94. The van der Waals surface area contributed by atoms with Gasteiger partial charge in [0.2, 0.25) is 5.37 Å². The number of benzene rings is 2. The molecule has 4 nitrogen and oxygen atoms in total. The van der Waals surface area contributed by atoms with Gasteiger partial charge in [-0.15, -0.1) is 0 Å². The fourth-order valence-electron chi connectivity index (χ4n) is 5.56. The smallest absolute Gasteiger partial charge is 0.281 e. The number of thioether (sulfide) groups is 1. The average Bonchev–Trinajstić information content (AvgIpc) is 3.28. The predicted octanol–water partition coefficient (Wildman–Crippen LogP) is 5.28. The third-order valence-electron chi connectivity index (χ3n) is 6.95. The Hall–Kier alpha value is -2.84. The van der Waals surface area contributed by atoms with Crippen molar-refractivity contribution < 1.29 is 4.58 Å². The van der Waals surface area contributed by atoms with Crippen LogP contribution >= 0.6 is 11.8 Å². The van der Waals surface area contributed by atoms with Crippen LogP contribution in [0.15, 0.2) is 34.2 Å². The molecule has 5 heteroatoms. The SMILES string of the molecule is Cc1c(C)c2c3c(c1C#N)c1ccccc1n3C1=C(C(C)C)SC3N=C[N+](C)=C2C13. The zero-order chi connectivity index (χ0) is 20.9. The number of hydrogen-bond acceptors (Lipinski definition) is 3. The summed E-state index contributed by atoms with van der Waals surface area (Å²) in [5, 5.41) is 12.6. The molecule has 0 amide bonds. The molecule has 1 aromatic heterocycles. The first-order valence-electron chi connectivity index (χ1n) is 10.5. The Kier molecular flexibility index (Phi) is 3.51. The lowest BCUT2D eigenvalue weighted by Gasteiger charge is -2.30. The van der Waals surface area contributed by atoms with E-state index in [0.717, 1.165) is 16.5 Å². The average molecular weight is 412 g/mol. The largest absolute Gasteiger partial charge is 0.310 e. The van der Waals surface area contributed by atoms with Crippen molar-refractivity contribution in [2.75, 3.05) is 7.05 Å². The van der Waals surface area contributed by atoms with Gasteiger partial charge >= 0.3 is 0 Å². The first-order valence-corrected chi connectivity index (χ1v) is 11.3. The van der Waals surface area contributed by atoms with Crippen LogP contribution in [-0.4, -0.2) is 33.6 Å². The molecule has 0 N–H and O–H groups in total. The molecule has 148 valence electrons. The minimum Gasteiger partial charge on any atom is -0.310 e. The van der Waals surface area contributed by atoms with Gasteiger partial charge in [0.25, 0.3) is 6.34 Å². The summed E-state index contributed by atoms with van der Waals surface area (Å²) >= 11 is 1.92. The topological polar surface area (TPSA) is 44.1 Å². The molecule has 4 heterocycles. The fraction of sp³-hybridized carbons (Fsp3) is 0.320. The van der Waals surface area contributed by atoms with Crippen molar-refractivity contribution in [3.05, 3.63) is 51.4 Å². The second-order valence-electron chi connectivity index (χ2n) is 8.84. The maximum atomic E-state index is 10.1. The van der Waals surface area contributed by atoms with Gasteiger partial charge in [0.05, 0.1) is 23.6 Å². The zero-order valence-corrected chi connectivity index (χ0v) is 18.6. The molecular weight excluding hydrogens is 388 g/mol. The van der Waals surface area contributed by atoms with E-state index in [1.165, 1.54) is 43.9 Å². The van der Waals surface area contributed by atoms with Gasteiger partial charge in [-0.1, -0.05) is 48.8 Å². The number of aromatic nitrogens is 1. The van der Waals surface area contributed by atoms with E-state index in [2.05, 4.69) is 74.2 Å². The van der Waals surface area contributed by atoms with Crippen molar-refractivity contribution in [2.24, 2.45) is 16.8 Å². The molecule has 0 radical (unpaired) electrons. The van der Waals surface area contributed by atoms with Gasteiger partial charge in [-0.2, -0.15) is 5.26 Å². The molecule has 0 bridgehead atoms. The third kappa shape index (κ3) is 1.93. The summed E-state index contributed by atoms with van der Waals surface area (Å²) in [6.45, 7) is 8.83. The first kappa shape index (κ1) is 18.0. The molecule has 3 aliphatic heterocycles. The number of rotatable bonds is 1. The highest BCUT2D eigenvalue weighted by molar-refractivity contribution is 8.04. The van der Waals surface area contributed by atoms with Crippen LogP contribution in [0.1, 0.15) is 36.1 Å². The molecule has 2 aromatic carbocycles. The van der Waals surface area contributed by atoms with E-state index in [9.17, 15) is 5.26 Å². The van der Waals surface area contributed by atoms with Crippen LogP contribution < -0.4 is 0 Å². The highest BCUT2D eigenvalue weighted by Crippen LogP contribution is 2.56. The highest BCUT2D eigenvalue weighted by atomic mass is 32.2. The van der Waals surface area contributed by atoms with Gasteiger partial charge in [0, 0.05) is 26.9 Å². The summed E-state index contributed by atoms with van der Waals surface area (Å²) in [5.74, 6) is 0.664. The molecule has 0 saturated heterocycles. The van der Waals surface area contributed by atoms with Crippen molar-refractivity contribution in [3.8, 4) is 6.07 Å². The number of nitrogens with zero attached hydrogens (tertiary/aromatic N) is 4. The number of nitriles is 1. The Morgan fingerprint density at radius 3 is 2.70 bits per heavy atom. The normalized spacial score (nSPS) is 21.9. The monoisotopic (exact) mass is 411 g/mol. The lowest BCUT2D eigenvalue weighted by molar-refractivity contribution is -0.364. The maximum absolute atomic E-state index is 10.1. The lowest BCUT2D eigenvalue weighted by atomic mass is 9.82. The molecule has 2 atom stereocenters. The highest BCUT2D eigenvalue weighted by Gasteiger charge is 2.51. The van der Waals surface area contributed by atoms with Gasteiger partial charge in [-0.05, 0) is 37.0 Å². The second-order valence-corrected chi connectivity index (χ2v) is 10.00. The maximum Gasteiger partial charge on any atom is 0.281 e. The number of allylic oxidation sites excluding steroid dienone is 1. The van der Waals surface area contributed by atoms with E-state index in [4.69, 9.17) is 4.99 Å². The molecule has 3 aromatic rings. The van der Waals surface area contributed by atoms with Gasteiger partial charge in [0.1, 0.15) is 17.7 Å². The van der Waals surface area contributed by atoms with Crippen molar-refractivity contribution in [1.29, 1.82) is 5.26 Å². The van der Waals surface area contributed by atoms with E-state index in [1.54, 1.807) is 0 Å². The van der Waals surface area contributed by atoms with Crippen LogP contribution in [0.25, 0.3) is 27.5 Å². The third-order valence-corrected chi connectivity index (χ3v) is 8.52. The number of para-hydroxylation sites is 1. The van der Waals surface area contributed by atoms with Crippen molar-refractivity contribution in [2.45, 2.75) is 33.1 Å². The summed E-state index contributed by atoms with van der Waals surface area (Å²) in [4.78, 5) is 6.33. The second kappa shape index (κ2) is 5.86. The number of aliphatic imine (C=N–C) groups is 1. The first-order chi connectivity index (χ1) is 14.5.